The number of hydrogen-bond donors (Lipinski definition) is 2. The summed E-state index contributed by atoms with van der Waals surface area (Å²) in [6, 6.07) is 0. The van der Waals surface area contributed by atoms with Crippen LogP contribution in [-0.4, -0.2) is 50.9 Å². The van der Waals surface area contributed by atoms with Gasteiger partial charge >= 0.3 is 5.97 Å². The number of rotatable bonds is 8. The highest BCUT2D eigenvalue weighted by molar-refractivity contribution is 5.79. The SMILES string of the molecule is CCNC(=NCC1CCCO1)NCCCC(=O)OCC. The van der Waals surface area contributed by atoms with Crippen molar-refractivity contribution in [1.82, 2.24) is 10.6 Å². The molecule has 0 radical (unpaired) electrons. The van der Waals surface area contributed by atoms with Crippen LogP contribution < -0.4 is 10.6 Å². The Balaban J connectivity index is 2.20. The Labute approximate surface area is 121 Å². The van der Waals surface area contributed by atoms with Gasteiger partial charge in [-0.2, -0.15) is 0 Å². The van der Waals surface area contributed by atoms with E-state index < -0.39 is 0 Å². The molecule has 20 heavy (non-hydrogen) atoms. The molecule has 0 aromatic carbocycles. The smallest absolute Gasteiger partial charge is 0.305 e. The number of hydrogen-bond acceptors (Lipinski definition) is 4. The predicted octanol–water partition coefficient (Wildman–Crippen LogP) is 1.06. The average molecular weight is 285 g/mol. The first-order valence-electron chi connectivity index (χ1n) is 7.55. The van der Waals surface area contributed by atoms with Gasteiger partial charge in [0.2, 0.25) is 0 Å². The molecule has 1 atom stereocenters. The Kier molecular flexibility index (Phi) is 8.78. The minimum atomic E-state index is -0.143. The summed E-state index contributed by atoms with van der Waals surface area (Å²) in [4.78, 5) is 15.7. The third-order valence-corrected chi connectivity index (χ3v) is 2.98. The zero-order chi connectivity index (χ0) is 14.6. The Hall–Kier alpha value is -1.30. The molecule has 1 unspecified atom stereocenters. The lowest BCUT2D eigenvalue weighted by Crippen LogP contribution is -2.38. The molecule has 0 saturated carbocycles. The summed E-state index contributed by atoms with van der Waals surface area (Å²) in [5.74, 6) is 0.641. The molecule has 0 aliphatic carbocycles. The Morgan fingerprint density at radius 3 is 2.90 bits per heavy atom. The first-order valence-corrected chi connectivity index (χ1v) is 7.55. The summed E-state index contributed by atoms with van der Waals surface area (Å²) in [5.41, 5.74) is 0. The van der Waals surface area contributed by atoms with Crippen LogP contribution in [-0.2, 0) is 14.3 Å². The summed E-state index contributed by atoms with van der Waals surface area (Å²) in [5, 5.41) is 6.40. The van der Waals surface area contributed by atoms with Gasteiger partial charge in [-0.25, -0.2) is 0 Å². The first-order chi connectivity index (χ1) is 9.76. The Morgan fingerprint density at radius 2 is 2.25 bits per heavy atom. The van der Waals surface area contributed by atoms with Crippen LogP contribution in [0, 0.1) is 0 Å². The van der Waals surface area contributed by atoms with Gasteiger partial charge in [0.1, 0.15) is 0 Å². The minimum Gasteiger partial charge on any atom is -0.466 e. The summed E-state index contributed by atoms with van der Waals surface area (Å²) >= 11 is 0. The molecule has 2 N–H and O–H groups in total. The molecule has 1 aliphatic rings. The van der Waals surface area contributed by atoms with E-state index in [1.807, 2.05) is 13.8 Å². The monoisotopic (exact) mass is 285 g/mol. The van der Waals surface area contributed by atoms with Gasteiger partial charge in [-0.05, 0) is 33.1 Å². The van der Waals surface area contributed by atoms with Gasteiger partial charge in [-0.1, -0.05) is 0 Å². The van der Waals surface area contributed by atoms with E-state index in [4.69, 9.17) is 9.47 Å². The molecule has 116 valence electrons. The highest BCUT2D eigenvalue weighted by Crippen LogP contribution is 2.11. The lowest BCUT2D eigenvalue weighted by atomic mass is 10.2. The van der Waals surface area contributed by atoms with Crippen molar-refractivity contribution >= 4 is 11.9 Å². The fourth-order valence-corrected chi connectivity index (χ4v) is 2.00. The van der Waals surface area contributed by atoms with Crippen molar-refractivity contribution in [1.29, 1.82) is 0 Å². The Morgan fingerprint density at radius 1 is 1.40 bits per heavy atom. The van der Waals surface area contributed by atoms with Crippen LogP contribution in [0.25, 0.3) is 0 Å². The second-order valence-electron chi connectivity index (χ2n) is 4.69. The maximum Gasteiger partial charge on any atom is 0.305 e. The van der Waals surface area contributed by atoms with Gasteiger partial charge < -0.3 is 20.1 Å². The van der Waals surface area contributed by atoms with E-state index in [1.165, 1.54) is 0 Å². The number of ether oxygens (including phenoxy) is 2. The van der Waals surface area contributed by atoms with Crippen LogP contribution in [0.1, 0.15) is 39.5 Å². The quantitative estimate of drug-likeness (QED) is 0.302. The molecule has 0 amide bonds. The van der Waals surface area contributed by atoms with Gasteiger partial charge in [-0.3, -0.25) is 9.79 Å². The third-order valence-electron chi connectivity index (χ3n) is 2.98. The van der Waals surface area contributed by atoms with Crippen molar-refractivity contribution in [3.63, 3.8) is 0 Å². The molecule has 6 nitrogen and oxygen atoms in total. The van der Waals surface area contributed by atoms with E-state index in [0.717, 1.165) is 38.4 Å². The van der Waals surface area contributed by atoms with Gasteiger partial charge in [0.05, 0.1) is 19.3 Å². The van der Waals surface area contributed by atoms with E-state index in [-0.39, 0.29) is 12.1 Å². The van der Waals surface area contributed by atoms with Crippen molar-refractivity contribution < 1.29 is 14.3 Å². The first kappa shape index (κ1) is 16.8. The van der Waals surface area contributed by atoms with Gasteiger partial charge in [-0.15, -0.1) is 0 Å². The minimum absolute atomic E-state index is 0.143. The molecular weight excluding hydrogens is 258 g/mol. The highest BCUT2D eigenvalue weighted by Gasteiger charge is 2.14. The van der Waals surface area contributed by atoms with Crippen molar-refractivity contribution in [2.24, 2.45) is 4.99 Å². The lowest BCUT2D eigenvalue weighted by Gasteiger charge is -2.12. The van der Waals surface area contributed by atoms with Crippen molar-refractivity contribution in [3.05, 3.63) is 0 Å². The molecule has 1 rings (SSSR count). The van der Waals surface area contributed by atoms with Crippen LogP contribution in [0.2, 0.25) is 0 Å². The number of guanidine groups is 1. The summed E-state index contributed by atoms with van der Waals surface area (Å²) in [6.07, 6.45) is 3.65. The van der Waals surface area contributed by atoms with E-state index >= 15 is 0 Å². The van der Waals surface area contributed by atoms with E-state index in [1.54, 1.807) is 0 Å². The van der Waals surface area contributed by atoms with Crippen molar-refractivity contribution in [3.8, 4) is 0 Å². The summed E-state index contributed by atoms with van der Waals surface area (Å²) in [7, 11) is 0. The number of carbonyl (C=O) groups is 1. The maximum atomic E-state index is 11.2. The summed E-state index contributed by atoms with van der Waals surface area (Å²) < 4.78 is 10.4. The van der Waals surface area contributed by atoms with E-state index in [0.29, 0.717) is 26.1 Å². The second kappa shape index (κ2) is 10.5. The number of aliphatic imine (C=N–C) groups is 1. The molecule has 1 heterocycles. The van der Waals surface area contributed by atoms with Gasteiger partial charge in [0.15, 0.2) is 5.96 Å². The number of nitrogens with one attached hydrogen (secondary N) is 2. The largest absolute Gasteiger partial charge is 0.466 e. The van der Waals surface area contributed by atoms with E-state index in [2.05, 4.69) is 15.6 Å². The zero-order valence-electron chi connectivity index (χ0n) is 12.6. The standard InChI is InChI=1S/C14H27N3O3/c1-3-15-14(17-11-12-7-6-10-20-12)16-9-5-8-13(18)19-4-2/h12H,3-11H2,1-2H3,(H2,15,16,17). The molecule has 1 fully saturated rings. The molecule has 0 aromatic rings. The van der Waals surface area contributed by atoms with Crippen molar-refractivity contribution in [2.75, 3.05) is 32.8 Å². The second-order valence-corrected chi connectivity index (χ2v) is 4.69. The maximum absolute atomic E-state index is 11.2. The number of carbonyl (C=O) groups excluding carboxylic acids is 1. The topological polar surface area (TPSA) is 72.0 Å². The van der Waals surface area contributed by atoms with Crippen LogP contribution in [0.5, 0.6) is 0 Å². The average Bonchev–Trinajstić information content (AvgIpc) is 2.94. The molecular formula is C14H27N3O3. The fourth-order valence-electron chi connectivity index (χ4n) is 2.00. The van der Waals surface area contributed by atoms with Crippen LogP contribution in [0.3, 0.4) is 0 Å². The van der Waals surface area contributed by atoms with Gasteiger partial charge in [0.25, 0.3) is 0 Å². The molecule has 0 bridgehead atoms. The fraction of sp³-hybridized carbons (Fsp3) is 0.857. The highest BCUT2D eigenvalue weighted by atomic mass is 16.5. The molecule has 1 aliphatic heterocycles. The number of esters is 1. The van der Waals surface area contributed by atoms with Crippen LogP contribution >= 0.6 is 0 Å². The molecule has 6 heteroatoms. The number of nitrogens with zero attached hydrogens (tertiary/aromatic N) is 1. The zero-order valence-corrected chi connectivity index (χ0v) is 12.6. The Bertz CT molecular complexity index is 302. The normalized spacial score (nSPS) is 18.9. The van der Waals surface area contributed by atoms with Gasteiger partial charge in [0, 0.05) is 26.1 Å². The molecule has 1 saturated heterocycles. The predicted molar refractivity (Wildman–Crippen MR) is 78.8 cm³/mol. The summed E-state index contributed by atoms with van der Waals surface area (Å²) in [6.45, 7) is 7.35. The third kappa shape index (κ3) is 7.33. The van der Waals surface area contributed by atoms with E-state index in [9.17, 15) is 4.79 Å². The molecule has 0 aromatic heterocycles. The van der Waals surface area contributed by atoms with Crippen molar-refractivity contribution in [2.45, 2.75) is 45.6 Å². The van der Waals surface area contributed by atoms with Crippen LogP contribution in [0.4, 0.5) is 0 Å². The molecule has 0 spiro atoms. The van der Waals surface area contributed by atoms with Crippen LogP contribution in [0.15, 0.2) is 4.99 Å². The lowest BCUT2D eigenvalue weighted by molar-refractivity contribution is -0.143.